The molecule has 0 saturated carbocycles. The van der Waals surface area contributed by atoms with Crippen molar-refractivity contribution in [1.82, 2.24) is 24.8 Å². The molecule has 1 aromatic carbocycles. The van der Waals surface area contributed by atoms with Crippen LogP contribution in [0.15, 0.2) is 60.8 Å². The normalized spacial score (nSPS) is 10.9. The highest BCUT2D eigenvalue weighted by Crippen LogP contribution is 2.22. The average molecular weight is 331 g/mol. The summed E-state index contributed by atoms with van der Waals surface area (Å²) in [7, 11) is 0. The van der Waals surface area contributed by atoms with Crippen molar-refractivity contribution in [2.75, 3.05) is 0 Å². The van der Waals surface area contributed by atoms with Crippen molar-refractivity contribution in [3.8, 4) is 17.3 Å². The number of fused-ring (bicyclic) bond motifs is 1. The van der Waals surface area contributed by atoms with Gasteiger partial charge >= 0.3 is 0 Å². The minimum Gasteiger partial charge on any atom is -0.470 e. The predicted molar refractivity (Wildman–Crippen MR) is 94.2 cm³/mol. The van der Waals surface area contributed by atoms with Crippen LogP contribution in [0.4, 0.5) is 0 Å². The number of benzene rings is 1. The van der Waals surface area contributed by atoms with Crippen LogP contribution in [0, 0.1) is 0 Å². The molecule has 0 radical (unpaired) electrons. The van der Waals surface area contributed by atoms with Gasteiger partial charge in [0.25, 0.3) is 0 Å². The zero-order valence-corrected chi connectivity index (χ0v) is 13.8. The molecule has 0 aliphatic carbocycles. The Hall–Kier alpha value is -3.28. The lowest BCUT2D eigenvalue weighted by Crippen LogP contribution is -2.06. The first-order chi connectivity index (χ1) is 12.3. The Balaban J connectivity index is 1.72. The largest absolute Gasteiger partial charge is 0.470 e. The Labute approximate surface area is 145 Å². The molecule has 0 unspecified atom stereocenters. The summed E-state index contributed by atoms with van der Waals surface area (Å²) in [5.41, 5.74) is 3.53. The van der Waals surface area contributed by atoms with Gasteiger partial charge < -0.3 is 4.74 Å². The summed E-state index contributed by atoms with van der Waals surface area (Å²) in [5, 5.41) is 13.2. The van der Waals surface area contributed by atoms with Gasteiger partial charge in [-0.15, -0.1) is 15.3 Å². The molecule has 124 valence electrons. The molecular formula is C19H17N5O. The summed E-state index contributed by atoms with van der Waals surface area (Å²) >= 11 is 0. The topological polar surface area (TPSA) is 65.2 Å². The van der Waals surface area contributed by atoms with E-state index in [1.54, 1.807) is 10.7 Å². The lowest BCUT2D eigenvalue weighted by molar-refractivity contribution is 0.281. The van der Waals surface area contributed by atoms with Gasteiger partial charge in [-0.25, -0.2) is 0 Å². The minimum atomic E-state index is 0.370. The Morgan fingerprint density at radius 3 is 2.60 bits per heavy atom. The van der Waals surface area contributed by atoms with Crippen molar-refractivity contribution < 1.29 is 4.74 Å². The average Bonchev–Trinajstić information content (AvgIpc) is 3.10. The molecule has 3 heterocycles. The molecule has 0 N–H and O–H groups in total. The summed E-state index contributed by atoms with van der Waals surface area (Å²) in [6.07, 6.45) is 2.55. The maximum Gasteiger partial charge on any atom is 0.235 e. The van der Waals surface area contributed by atoms with E-state index < -0.39 is 0 Å². The van der Waals surface area contributed by atoms with Gasteiger partial charge in [0.05, 0.1) is 5.69 Å². The van der Waals surface area contributed by atoms with Crippen LogP contribution in [0.25, 0.3) is 17.0 Å². The van der Waals surface area contributed by atoms with E-state index in [0.29, 0.717) is 24.0 Å². The molecule has 0 aliphatic rings. The van der Waals surface area contributed by atoms with Crippen LogP contribution >= 0.6 is 0 Å². The highest BCUT2D eigenvalue weighted by atomic mass is 16.5. The Bertz CT molecular complexity index is 983. The Morgan fingerprint density at radius 1 is 1.00 bits per heavy atom. The molecule has 0 bridgehead atoms. The number of hydrogen-bond acceptors (Lipinski definition) is 5. The maximum absolute atomic E-state index is 5.93. The second-order valence-corrected chi connectivity index (χ2v) is 5.60. The van der Waals surface area contributed by atoms with E-state index in [0.717, 1.165) is 23.2 Å². The zero-order chi connectivity index (χ0) is 17.1. The highest BCUT2D eigenvalue weighted by molar-refractivity contribution is 5.59. The second-order valence-electron chi connectivity index (χ2n) is 5.60. The first kappa shape index (κ1) is 15.3. The lowest BCUT2D eigenvalue weighted by atomic mass is 10.2. The fourth-order valence-electron chi connectivity index (χ4n) is 2.62. The fourth-order valence-corrected chi connectivity index (χ4v) is 2.62. The molecule has 6 heteroatoms. The van der Waals surface area contributed by atoms with Gasteiger partial charge in [-0.1, -0.05) is 43.3 Å². The smallest absolute Gasteiger partial charge is 0.235 e. The van der Waals surface area contributed by atoms with Crippen molar-refractivity contribution in [3.63, 3.8) is 0 Å². The lowest BCUT2D eigenvalue weighted by Gasteiger charge is -2.10. The van der Waals surface area contributed by atoms with Crippen molar-refractivity contribution in [3.05, 3.63) is 72.1 Å². The van der Waals surface area contributed by atoms with Crippen molar-refractivity contribution in [1.29, 1.82) is 0 Å². The van der Waals surface area contributed by atoms with Gasteiger partial charge in [0.15, 0.2) is 11.5 Å². The van der Waals surface area contributed by atoms with Gasteiger partial charge in [0.1, 0.15) is 6.61 Å². The van der Waals surface area contributed by atoms with E-state index >= 15 is 0 Å². The molecule has 0 aliphatic heterocycles. The molecule has 0 fully saturated rings. The zero-order valence-electron chi connectivity index (χ0n) is 13.8. The first-order valence-corrected chi connectivity index (χ1v) is 8.18. The molecule has 0 atom stereocenters. The summed E-state index contributed by atoms with van der Waals surface area (Å²) in [6.45, 7) is 2.44. The molecule has 0 amide bonds. The SMILES string of the molecule is CCc1cc2nnc(-c3ccccc3)n2nc1OCc1ccccn1. The minimum absolute atomic E-state index is 0.370. The molecule has 4 aromatic rings. The number of aryl methyl sites for hydroxylation is 1. The number of rotatable bonds is 5. The van der Waals surface area contributed by atoms with Crippen molar-refractivity contribution >= 4 is 5.65 Å². The van der Waals surface area contributed by atoms with Gasteiger partial charge in [-0.2, -0.15) is 4.52 Å². The van der Waals surface area contributed by atoms with Crippen molar-refractivity contribution in [2.45, 2.75) is 20.0 Å². The van der Waals surface area contributed by atoms with E-state index in [1.807, 2.05) is 54.6 Å². The summed E-state index contributed by atoms with van der Waals surface area (Å²) in [4.78, 5) is 4.28. The number of nitrogens with zero attached hydrogens (tertiary/aromatic N) is 5. The number of aromatic nitrogens is 5. The monoisotopic (exact) mass is 331 g/mol. The van der Waals surface area contributed by atoms with E-state index in [9.17, 15) is 0 Å². The molecule has 4 rings (SSSR count). The predicted octanol–water partition coefficient (Wildman–Crippen LogP) is 3.33. The Kier molecular flexibility index (Phi) is 4.08. The second kappa shape index (κ2) is 6.68. The molecule has 3 aromatic heterocycles. The van der Waals surface area contributed by atoms with Crippen LogP contribution in [-0.4, -0.2) is 24.8 Å². The Morgan fingerprint density at radius 2 is 1.84 bits per heavy atom. The molecule has 0 saturated heterocycles. The summed E-state index contributed by atoms with van der Waals surface area (Å²) < 4.78 is 7.66. The fraction of sp³-hybridized carbons (Fsp3) is 0.158. The first-order valence-electron chi connectivity index (χ1n) is 8.18. The van der Waals surface area contributed by atoms with Crippen LogP contribution in [0.2, 0.25) is 0 Å². The van der Waals surface area contributed by atoms with E-state index in [1.165, 1.54) is 0 Å². The highest BCUT2D eigenvalue weighted by Gasteiger charge is 2.14. The molecule has 6 nitrogen and oxygen atoms in total. The van der Waals surface area contributed by atoms with Gasteiger partial charge in [0, 0.05) is 17.3 Å². The van der Waals surface area contributed by atoms with Crippen LogP contribution in [0.1, 0.15) is 18.2 Å². The van der Waals surface area contributed by atoms with Crippen LogP contribution in [0.5, 0.6) is 5.88 Å². The third-order valence-corrected chi connectivity index (χ3v) is 3.93. The standard InChI is InChI=1S/C19H17N5O/c1-2-14-12-17-21-22-18(15-8-4-3-5-9-15)24(17)23-19(14)25-13-16-10-6-7-11-20-16/h3-12H,2,13H2,1H3. The van der Waals surface area contributed by atoms with Crippen LogP contribution in [0.3, 0.4) is 0 Å². The van der Waals surface area contributed by atoms with Gasteiger partial charge in [0.2, 0.25) is 5.88 Å². The molecular weight excluding hydrogens is 314 g/mol. The molecule has 0 spiro atoms. The maximum atomic E-state index is 5.93. The third-order valence-electron chi connectivity index (χ3n) is 3.93. The van der Waals surface area contributed by atoms with E-state index in [4.69, 9.17) is 4.74 Å². The van der Waals surface area contributed by atoms with E-state index in [-0.39, 0.29) is 0 Å². The number of pyridine rings is 1. The quantitative estimate of drug-likeness (QED) is 0.561. The van der Waals surface area contributed by atoms with Crippen molar-refractivity contribution in [2.24, 2.45) is 0 Å². The molecule has 25 heavy (non-hydrogen) atoms. The summed E-state index contributed by atoms with van der Waals surface area (Å²) in [6, 6.07) is 17.6. The third kappa shape index (κ3) is 3.06. The van der Waals surface area contributed by atoms with E-state index in [2.05, 4.69) is 27.2 Å². The van der Waals surface area contributed by atoms with Crippen LogP contribution in [-0.2, 0) is 13.0 Å². The number of hydrogen-bond donors (Lipinski definition) is 0. The van der Waals surface area contributed by atoms with Crippen LogP contribution < -0.4 is 4.74 Å². The van der Waals surface area contributed by atoms with Gasteiger partial charge in [-0.05, 0) is 24.6 Å². The van der Waals surface area contributed by atoms with Gasteiger partial charge in [-0.3, -0.25) is 4.98 Å². The summed E-state index contributed by atoms with van der Waals surface area (Å²) in [5.74, 6) is 1.28. The number of ether oxygens (including phenoxy) is 1.